The zero-order valence-corrected chi connectivity index (χ0v) is 18.2. The zero-order valence-electron chi connectivity index (χ0n) is 17.4. The van der Waals surface area contributed by atoms with Crippen LogP contribution in [0.25, 0.3) is 0 Å². The van der Waals surface area contributed by atoms with E-state index in [1.807, 2.05) is 56.3 Å². The van der Waals surface area contributed by atoms with Crippen LogP contribution in [0.2, 0.25) is 0 Å². The van der Waals surface area contributed by atoms with Gasteiger partial charge in [0.25, 0.3) is 0 Å². The Hall–Kier alpha value is -2.47. The van der Waals surface area contributed by atoms with Gasteiger partial charge < -0.3 is 15.4 Å². The molecule has 0 aromatic heterocycles. The number of carbonyl (C=O) groups is 2. The van der Waals surface area contributed by atoms with Crippen LogP contribution in [0.4, 0.5) is 5.69 Å². The molecule has 5 nitrogen and oxygen atoms in total. The van der Waals surface area contributed by atoms with Gasteiger partial charge in [0.15, 0.2) is 0 Å². The van der Waals surface area contributed by atoms with Gasteiger partial charge in [-0.1, -0.05) is 30.3 Å². The van der Waals surface area contributed by atoms with E-state index in [1.165, 1.54) is 0 Å². The molecule has 0 saturated carbocycles. The van der Waals surface area contributed by atoms with Crippen molar-refractivity contribution in [3.8, 4) is 5.75 Å². The number of para-hydroxylation sites is 1. The van der Waals surface area contributed by atoms with Crippen LogP contribution >= 0.6 is 11.8 Å². The molecule has 0 bridgehead atoms. The number of aryl methyl sites for hydroxylation is 2. The normalized spacial score (nSPS) is 10.4. The van der Waals surface area contributed by atoms with Gasteiger partial charge in [-0.25, -0.2) is 0 Å². The second-order valence-corrected chi connectivity index (χ2v) is 8.02. The maximum atomic E-state index is 12.1. The first-order chi connectivity index (χ1) is 14.0. The van der Waals surface area contributed by atoms with E-state index in [1.54, 1.807) is 18.9 Å². The average molecular weight is 415 g/mol. The van der Waals surface area contributed by atoms with Crippen molar-refractivity contribution < 1.29 is 14.3 Å². The van der Waals surface area contributed by atoms with E-state index >= 15 is 0 Å². The van der Waals surface area contributed by atoms with Crippen molar-refractivity contribution in [1.82, 2.24) is 5.32 Å². The van der Waals surface area contributed by atoms with Gasteiger partial charge in [0.05, 0.1) is 12.9 Å². The minimum Gasteiger partial charge on any atom is -0.497 e. The Balaban J connectivity index is 1.55. The topological polar surface area (TPSA) is 67.4 Å². The fourth-order valence-electron chi connectivity index (χ4n) is 2.90. The van der Waals surface area contributed by atoms with Crippen LogP contribution in [0, 0.1) is 13.8 Å². The van der Waals surface area contributed by atoms with Gasteiger partial charge in [-0.3, -0.25) is 9.59 Å². The summed E-state index contributed by atoms with van der Waals surface area (Å²) in [5.41, 5.74) is 4.20. The lowest BCUT2D eigenvalue weighted by atomic mass is 10.1. The molecule has 29 heavy (non-hydrogen) atoms. The number of anilines is 1. The van der Waals surface area contributed by atoms with Crippen molar-refractivity contribution in [1.29, 1.82) is 0 Å². The molecule has 0 aliphatic heterocycles. The molecular weight excluding hydrogens is 384 g/mol. The number of rotatable bonds is 11. The molecule has 6 heteroatoms. The van der Waals surface area contributed by atoms with E-state index in [2.05, 4.69) is 10.6 Å². The van der Waals surface area contributed by atoms with Crippen molar-refractivity contribution in [2.75, 3.05) is 30.5 Å². The summed E-state index contributed by atoms with van der Waals surface area (Å²) in [5.74, 6) is 2.08. The Bertz CT molecular complexity index is 786. The molecule has 0 fully saturated rings. The van der Waals surface area contributed by atoms with E-state index < -0.39 is 0 Å². The second kappa shape index (κ2) is 12.2. The van der Waals surface area contributed by atoms with Crippen molar-refractivity contribution in [3.63, 3.8) is 0 Å². The van der Waals surface area contributed by atoms with Crippen LogP contribution in [0.1, 0.15) is 29.5 Å². The summed E-state index contributed by atoms with van der Waals surface area (Å²) < 4.78 is 5.13. The molecule has 0 spiro atoms. The molecule has 0 aliphatic rings. The number of methoxy groups -OCH3 is 1. The molecule has 0 unspecified atom stereocenters. The van der Waals surface area contributed by atoms with E-state index in [-0.39, 0.29) is 11.8 Å². The summed E-state index contributed by atoms with van der Waals surface area (Å²) in [6.07, 6.45) is 2.00. The molecular formula is C23H30N2O3S. The van der Waals surface area contributed by atoms with Gasteiger partial charge in [0.1, 0.15) is 5.75 Å². The first-order valence-corrected chi connectivity index (χ1v) is 11.0. The van der Waals surface area contributed by atoms with Crippen LogP contribution in [0.3, 0.4) is 0 Å². The molecule has 0 heterocycles. The molecule has 0 saturated heterocycles. The van der Waals surface area contributed by atoms with E-state index in [4.69, 9.17) is 4.74 Å². The minimum absolute atomic E-state index is 0.0203. The first kappa shape index (κ1) is 22.8. The molecule has 0 atom stereocenters. The SMILES string of the molecule is COc1ccc(CCNC(=O)CSCCCC(=O)Nc2c(C)cccc2C)cc1. The van der Waals surface area contributed by atoms with Crippen molar-refractivity contribution in [2.45, 2.75) is 33.1 Å². The lowest BCUT2D eigenvalue weighted by Gasteiger charge is -2.11. The fourth-order valence-corrected chi connectivity index (χ4v) is 3.68. The van der Waals surface area contributed by atoms with Crippen LogP contribution in [-0.2, 0) is 16.0 Å². The van der Waals surface area contributed by atoms with Crippen LogP contribution in [0.15, 0.2) is 42.5 Å². The fraction of sp³-hybridized carbons (Fsp3) is 0.391. The third kappa shape index (κ3) is 8.20. The number of hydrogen-bond donors (Lipinski definition) is 2. The highest BCUT2D eigenvalue weighted by molar-refractivity contribution is 7.99. The smallest absolute Gasteiger partial charge is 0.230 e. The van der Waals surface area contributed by atoms with Gasteiger partial charge in [0.2, 0.25) is 11.8 Å². The molecule has 2 aromatic rings. The molecule has 156 valence electrons. The highest BCUT2D eigenvalue weighted by Crippen LogP contribution is 2.19. The quantitative estimate of drug-likeness (QED) is 0.543. The molecule has 2 aromatic carbocycles. The summed E-state index contributed by atoms with van der Waals surface area (Å²) in [7, 11) is 1.64. The number of carbonyl (C=O) groups excluding carboxylic acids is 2. The Morgan fingerprint density at radius 2 is 1.69 bits per heavy atom. The third-order valence-electron chi connectivity index (χ3n) is 4.57. The Morgan fingerprint density at radius 1 is 1.00 bits per heavy atom. The molecule has 0 radical (unpaired) electrons. The van der Waals surface area contributed by atoms with Crippen molar-refractivity contribution in [2.24, 2.45) is 0 Å². The maximum Gasteiger partial charge on any atom is 0.230 e. The lowest BCUT2D eigenvalue weighted by Crippen LogP contribution is -2.27. The first-order valence-electron chi connectivity index (χ1n) is 9.83. The van der Waals surface area contributed by atoms with Crippen LogP contribution in [-0.4, -0.2) is 37.0 Å². The second-order valence-electron chi connectivity index (χ2n) is 6.92. The summed E-state index contributed by atoms with van der Waals surface area (Å²) in [5, 5.41) is 5.93. The number of thioether (sulfide) groups is 1. The average Bonchev–Trinajstić information content (AvgIpc) is 2.71. The standard InChI is InChI=1S/C23H30N2O3S/c1-17-6-4-7-18(2)23(17)25-21(26)8-5-15-29-16-22(27)24-14-13-19-9-11-20(28-3)12-10-19/h4,6-7,9-12H,5,8,13-16H2,1-3H3,(H,24,27)(H,25,26). The summed E-state index contributed by atoms with van der Waals surface area (Å²) in [4.78, 5) is 24.0. The van der Waals surface area contributed by atoms with Crippen LogP contribution in [0.5, 0.6) is 5.75 Å². The molecule has 2 amide bonds. The number of ether oxygens (including phenoxy) is 1. The maximum absolute atomic E-state index is 12.1. The van der Waals surface area contributed by atoms with Crippen LogP contribution < -0.4 is 15.4 Å². The number of benzene rings is 2. The zero-order chi connectivity index (χ0) is 21.1. The summed E-state index contributed by atoms with van der Waals surface area (Å²) in [6.45, 7) is 4.60. The molecule has 0 aliphatic carbocycles. The lowest BCUT2D eigenvalue weighted by molar-refractivity contribution is -0.118. The summed E-state index contributed by atoms with van der Waals surface area (Å²) in [6, 6.07) is 13.8. The molecule has 2 N–H and O–H groups in total. The minimum atomic E-state index is 0.0203. The number of amides is 2. The highest BCUT2D eigenvalue weighted by Gasteiger charge is 2.07. The van der Waals surface area contributed by atoms with Crippen molar-refractivity contribution in [3.05, 3.63) is 59.2 Å². The van der Waals surface area contributed by atoms with Crippen molar-refractivity contribution >= 4 is 29.3 Å². The predicted octanol–water partition coefficient (Wildman–Crippen LogP) is 4.12. The molecule has 2 rings (SSSR count). The number of nitrogens with one attached hydrogen (secondary N) is 2. The van der Waals surface area contributed by atoms with Gasteiger partial charge >= 0.3 is 0 Å². The Morgan fingerprint density at radius 3 is 2.34 bits per heavy atom. The van der Waals surface area contributed by atoms with E-state index in [0.29, 0.717) is 18.7 Å². The third-order valence-corrected chi connectivity index (χ3v) is 5.61. The summed E-state index contributed by atoms with van der Waals surface area (Å²) >= 11 is 1.56. The largest absolute Gasteiger partial charge is 0.497 e. The van der Waals surface area contributed by atoms with Gasteiger partial charge in [0, 0.05) is 18.7 Å². The van der Waals surface area contributed by atoms with E-state index in [0.717, 1.165) is 46.7 Å². The highest BCUT2D eigenvalue weighted by atomic mass is 32.2. The van der Waals surface area contributed by atoms with Gasteiger partial charge in [-0.2, -0.15) is 11.8 Å². The van der Waals surface area contributed by atoms with Gasteiger partial charge in [-0.15, -0.1) is 0 Å². The predicted molar refractivity (Wildman–Crippen MR) is 121 cm³/mol. The Kier molecular flexibility index (Phi) is 9.57. The number of hydrogen-bond acceptors (Lipinski definition) is 4. The monoisotopic (exact) mass is 414 g/mol. The van der Waals surface area contributed by atoms with E-state index in [9.17, 15) is 9.59 Å². The Labute approximate surface area is 177 Å². The van der Waals surface area contributed by atoms with Gasteiger partial charge in [-0.05, 0) is 61.3 Å².